The maximum absolute atomic E-state index is 13.5. The van der Waals surface area contributed by atoms with Crippen molar-refractivity contribution in [3.05, 3.63) is 92.7 Å². The lowest BCUT2D eigenvalue weighted by Gasteiger charge is -2.12. The first-order valence-corrected chi connectivity index (χ1v) is 14.3. The van der Waals surface area contributed by atoms with E-state index in [0.717, 1.165) is 24.2 Å². The molecule has 1 fully saturated rings. The average molecular weight is 570 g/mol. The number of fused-ring (bicyclic) bond motifs is 2. The Balaban J connectivity index is 1.33. The summed E-state index contributed by atoms with van der Waals surface area (Å²) in [4.78, 5) is 11.6. The van der Waals surface area contributed by atoms with Crippen LogP contribution in [0.25, 0.3) is 11.3 Å². The molecule has 4 aromatic rings. The Hall–Kier alpha value is -3.33. The predicted molar refractivity (Wildman–Crippen MR) is 141 cm³/mol. The van der Waals surface area contributed by atoms with Crippen molar-refractivity contribution in [3.8, 4) is 17.0 Å². The molecule has 0 atom stereocenters. The number of sulfone groups is 1. The predicted octanol–water partition coefficient (Wildman–Crippen LogP) is 6.73. The molecule has 1 N–H and O–H groups in total. The number of halogens is 2. The number of rotatable bonds is 6. The summed E-state index contributed by atoms with van der Waals surface area (Å²) in [6, 6.07) is 14.3. The van der Waals surface area contributed by atoms with Crippen LogP contribution in [0, 0.1) is 0 Å². The molecule has 1 aliphatic carbocycles. The van der Waals surface area contributed by atoms with E-state index < -0.39 is 15.8 Å². The zero-order valence-corrected chi connectivity index (χ0v) is 22.2. The van der Waals surface area contributed by atoms with Gasteiger partial charge in [-0.05, 0) is 79.3 Å². The van der Waals surface area contributed by atoms with E-state index in [4.69, 9.17) is 32.5 Å². The van der Waals surface area contributed by atoms with Crippen LogP contribution < -0.4 is 4.74 Å². The van der Waals surface area contributed by atoms with Crippen LogP contribution in [-0.2, 0) is 29.3 Å². The molecular weight excluding hydrogens is 549 g/mol. The van der Waals surface area contributed by atoms with Gasteiger partial charge in [-0.2, -0.15) is 0 Å². The van der Waals surface area contributed by atoms with Crippen LogP contribution in [0.15, 0.2) is 68.9 Å². The minimum absolute atomic E-state index is 0.0321. The average Bonchev–Trinajstić information content (AvgIpc) is 3.67. The Bertz CT molecular complexity index is 1690. The van der Waals surface area contributed by atoms with Gasteiger partial charge < -0.3 is 14.4 Å². The third-order valence-corrected chi connectivity index (χ3v) is 9.50. The van der Waals surface area contributed by atoms with Crippen LogP contribution in [-0.4, -0.2) is 24.7 Å². The smallest absolute Gasteiger partial charge is 0.335 e. The number of aromatic nitrogens is 1. The zero-order valence-electron chi connectivity index (χ0n) is 19.9. The number of carboxylic acids is 1. The molecule has 0 radical (unpaired) electrons. The van der Waals surface area contributed by atoms with Crippen molar-refractivity contribution < 1.29 is 27.6 Å². The van der Waals surface area contributed by atoms with E-state index in [1.165, 1.54) is 18.2 Å². The Morgan fingerprint density at radius 1 is 1.00 bits per heavy atom. The monoisotopic (exact) mass is 569 g/mol. The SMILES string of the molecule is O=C(O)c1ccc2c(c1)S(=O)(=O)c1ccc(OCc3c(-c4c(Cl)cccc4Cl)noc3C3CC3)cc1CC2. The molecule has 2 aliphatic rings. The summed E-state index contributed by atoms with van der Waals surface area (Å²) >= 11 is 12.9. The van der Waals surface area contributed by atoms with Gasteiger partial charge in [0.1, 0.15) is 23.8 Å². The number of ether oxygens (including phenoxy) is 1. The Labute approximate surface area is 228 Å². The minimum Gasteiger partial charge on any atom is -0.489 e. The van der Waals surface area contributed by atoms with Gasteiger partial charge in [-0.3, -0.25) is 0 Å². The molecule has 38 heavy (non-hydrogen) atoms. The van der Waals surface area contributed by atoms with Crippen molar-refractivity contribution in [3.63, 3.8) is 0 Å². The van der Waals surface area contributed by atoms with Gasteiger partial charge in [0.2, 0.25) is 9.84 Å². The van der Waals surface area contributed by atoms with Crippen LogP contribution >= 0.6 is 23.2 Å². The third kappa shape index (κ3) is 4.36. The molecule has 0 unspecified atom stereocenters. The van der Waals surface area contributed by atoms with Crippen LogP contribution in [0.2, 0.25) is 10.0 Å². The standard InChI is InChI=1S/C28H21Cl2NO6S/c29-21-2-1-3-22(30)25(21)26-20(27(37-31-26)16-6-7-16)14-36-19-10-11-23-17(12-19)8-4-15-5-9-18(28(32)33)13-24(15)38(23,34)35/h1-3,5,9-13,16H,4,6-8,14H2,(H,32,33). The maximum atomic E-state index is 13.5. The second-order valence-corrected chi connectivity index (χ2v) is 12.1. The number of benzene rings is 3. The highest BCUT2D eigenvalue weighted by molar-refractivity contribution is 7.91. The van der Waals surface area contributed by atoms with E-state index in [2.05, 4.69) is 5.16 Å². The highest BCUT2D eigenvalue weighted by Crippen LogP contribution is 2.46. The summed E-state index contributed by atoms with van der Waals surface area (Å²) in [7, 11) is -3.90. The molecule has 0 bridgehead atoms. The van der Waals surface area contributed by atoms with Gasteiger partial charge in [-0.15, -0.1) is 0 Å². The summed E-state index contributed by atoms with van der Waals surface area (Å²) in [5.41, 5.74) is 3.01. The van der Waals surface area contributed by atoms with Crippen LogP contribution in [0.5, 0.6) is 5.75 Å². The molecule has 194 valence electrons. The van der Waals surface area contributed by atoms with Gasteiger partial charge in [-0.1, -0.05) is 40.5 Å². The fourth-order valence-corrected chi connectivity index (χ4v) is 7.20. The van der Waals surface area contributed by atoms with Crippen LogP contribution in [0.4, 0.5) is 0 Å². The molecule has 0 amide bonds. The quantitative estimate of drug-likeness (QED) is 0.274. The lowest BCUT2D eigenvalue weighted by atomic mass is 10.0. The zero-order chi connectivity index (χ0) is 26.6. The molecule has 6 rings (SSSR count). The van der Waals surface area contributed by atoms with E-state index in [1.54, 1.807) is 36.4 Å². The summed E-state index contributed by atoms with van der Waals surface area (Å²) < 4.78 is 38.8. The fraction of sp³-hybridized carbons (Fsp3) is 0.214. The van der Waals surface area contributed by atoms with Gasteiger partial charge >= 0.3 is 5.97 Å². The number of hydrogen-bond donors (Lipinski definition) is 1. The lowest BCUT2D eigenvalue weighted by molar-refractivity contribution is 0.0696. The number of carbonyl (C=O) groups is 1. The van der Waals surface area contributed by atoms with Crippen molar-refractivity contribution in [1.82, 2.24) is 5.16 Å². The second kappa shape index (κ2) is 9.45. The van der Waals surface area contributed by atoms with Gasteiger partial charge in [0.25, 0.3) is 0 Å². The molecule has 1 aromatic heterocycles. The summed E-state index contributed by atoms with van der Waals surface area (Å²) in [5, 5.41) is 14.5. The Morgan fingerprint density at radius 2 is 1.74 bits per heavy atom. The summed E-state index contributed by atoms with van der Waals surface area (Å²) in [6.07, 6.45) is 2.92. The van der Waals surface area contributed by atoms with E-state index in [1.807, 2.05) is 0 Å². The molecular formula is C28H21Cl2NO6S. The third-order valence-electron chi connectivity index (χ3n) is 6.94. The van der Waals surface area contributed by atoms with Crippen molar-refractivity contribution in [2.24, 2.45) is 0 Å². The fourth-order valence-electron chi connectivity index (χ4n) is 4.84. The number of aromatic carboxylic acids is 1. The highest BCUT2D eigenvalue weighted by atomic mass is 35.5. The second-order valence-electron chi connectivity index (χ2n) is 9.43. The number of nitrogens with zero attached hydrogens (tertiary/aromatic N) is 1. The van der Waals surface area contributed by atoms with E-state index >= 15 is 0 Å². The number of carboxylic acid groups (broad SMARTS) is 1. The largest absolute Gasteiger partial charge is 0.489 e. The van der Waals surface area contributed by atoms with Gasteiger partial charge in [0, 0.05) is 11.5 Å². The van der Waals surface area contributed by atoms with Gasteiger partial charge in [-0.25, -0.2) is 13.2 Å². The van der Waals surface area contributed by atoms with Crippen LogP contribution in [0.1, 0.15) is 51.6 Å². The minimum atomic E-state index is -3.90. The molecule has 2 heterocycles. The Morgan fingerprint density at radius 3 is 2.45 bits per heavy atom. The molecule has 1 saturated carbocycles. The molecule has 7 nitrogen and oxygen atoms in total. The first-order chi connectivity index (χ1) is 18.2. The van der Waals surface area contributed by atoms with E-state index in [0.29, 0.717) is 51.0 Å². The highest BCUT2D eigenvalue weighted by Gasteiger charge is 2.34. The molecule has 0 spiro atoms. The summed E-state index contributed by atoms with van der Waals surface area (Å²) in [6.45, 7) is 0.139. The van der Waals surface area contributed by atoms with Gasteiger partial charge in [0.05, 0.1) is 31.0 Å². The topological polar surface area (TPSA) is 107 Å². The molecule has 10 heteroatoms. The first-order valence-electron chi connectivity index (χ1n) is 12.0. The summed E-state index contributed by atoms with van der Waals surface area (Å²) in [5.74, 6) is 0.337. The van der Waals surface area contributed by atoms with Crippen molar-refractivity contribution in [2.75, 3.05) is 0 Å². The number of aryl methyl sites for hydroxylation is 2. The normalized spacial score (nSPS) is 15.8. The Kier molecular flexibility index (Phi) is 6.21. The van der Waals surface area contributed by atoms with Crippen molar-refractivity contribution in [1.29, 1.82) is 0 Å². The molecule has 0 saturated heterocycles. The number of hydrogen-bond acceptors (Lipinski definition) is 6. The maximum Gasteiger partial charge on any atom is 0.335 e. The van der Waals surface area contributed by atoms with Gasteiger partial charge in [0.15, 0.2) is 0 Å². The van der Waals surface area contributed by atoms with Crippen LogP contribution in [0.3, 0.4) is 0 Å². The molecule has 3 aromatic carbocycles. The van der Waals surface area contributed by atoms with E-state index in [9.17, 15) is 18.3 Å². The first kappa shape index (κ1) is 25.0. The van der Waals surface area contributed by atoms with Crippen molar-refractivity contribution >= 4 is 39.0 Å². The molecule has 1 aliphatic heterocycles. The van der Waals surface area contributed by atoms with E-state index in [-0.39, 0.29) is 27.9 Å². The lowest BCUT2D eigenvalue weighted by Crippen LogP contribution is -2.07. The van der Waals surface area contributed by atoms with Crippen molar-refractivity contribution in [2.45, 2.75) is 48.0 Å².